The van der Waals surface area contributed by atoms with Gasteiger partial charge >= 0.3 is 0 Å². The minimum absolute atomic E-state index is 0.0867. The molecule has 0 saturated heterocycles. The van der Waals surface area contributed by atoms with Gasteiger partial charge in [-0.3, -0.25) is 4.79 Å². The fourth-order valence-corrected chi connectivity index (χ4v) is 1.65. The third-order valence-corrected chi connectivity index (χ3v) is 2.63. The predicted molar refractivity (Wildman–Crippen MR) is 72.8 cm³/mol. The van der Waals surface area contributed by atoms with Crippen LogP contribution in [0.15, 0.2) is 30.6 Å². The molecule has 1 aromatic carbocycles. The quantitative estimate of drug-likeness (QED) is 0.801. The molecule has 106 valence electrons. The molecule has 0 aliphatic heterocycles. The maximum atomic E-state index is 11.7. The number of carbonyl (C=O) groups excluding carboxylic acids is 1. The molecule has 2 N–H and O–H groups in total. The Balaban J connectivity index is 1.78. The van der Waals surface area contributed by atoms with E-state index in [9.17, 15) is 4.79 Å². The highest BCUT2D eigenvalue weighted by molar-refractivity contribution is 5.77. The largest absolute Gasteiger partial charge is 0.493 e. The average molecular weight is 276 g/mol. The van der Waals surface area contributed by atoms with Gasteiger partial charge in [0.2, 0.25) is 11.9 Å². The van der Waals surface area contributed by atoms with Gasteiger partial charge in [0.25, 0.3) is 0 Å². The SMILES string of the molecule is COc1ccccc1OCCCC(=O)n1cnc(N)n1. The summed E-state index contributed by atoms with van der Waals surface area (Å²) in [7, 11) is 1.58. The molecule has 20 heavy (non-hydrogen) atoms. The van der Waals surface area contributed by atoms with Crippen molar-refractivity contribution in [3.63, 3.8) is 0 Å². The summed E-state index contributed by atoms with van der Waals surface area (Å²) in [4.78, 5) is 15.4. The topological polar surface area (TPSA) is 92.3 Å². The maximum Gasteiger partial charge on any atom is 0.248 e. The van der Waals surface area contributed by atoms with Crippen molar-refractivity contribution in [3.8, 4) is 11.5 Å². The van der Waals surface area contributed by atoms with Crippen molar-refractivity contribution in [1.29, 1.82) is 0 Å². The monoisotopic (exact) mass is 276 g/mol. The molecule has 0 saturated carbocycles. The summed E-state index contributed by atoms with van der Waals surface area (Å²) in [5, 5.41) is 3.75. The summed E-state index contributed by atoms with van der Waals surface area (Å²) >= 11 is 0. The van der Waals surface area contributed by atoms with Crippen molar-refractivity contribution in [2.75, 3.05) is 19.5 Å². The Kier molecular flexibility index (Phi) is 4.54. The first-order valence-corrected chi connectivity index (χ1v) is 6.17. The normalized spacial score (nSPS) is 10.2. The molecule has 0 aliphatic carbocycles. The molecule has 1 heterocycles. The van der Waals surface area contributed by atoms with E-state index in [0.29, 0.717) is 30.9 Å². The van der Waals surface area contributed by atoms with Gasteiger partial charge < -0.3 is 15.2 Å². The number of benzene rings is 1. The van der Waals surface area contributed by atoms with E-state index < -0.39 is 0 Å². The number of hydrogen-bond acceptors (Lipinski definition) is 6. The molecule has 0 aliphatic rings. The summed E-state index contributed by atoms with van der Waals surface area (Å²) in [6.07, 6.45) is 2.17. The number of nitrogens with two attached hydrogens (primary N) is 1. The Bertz CT molecular complexity index is 583. The third-order valence-electron chi connectivity index (χ3n) is 2.63. The molecule has 7 nitrogen and oxygen atoms in total. The van der Waals surface area contributed by atoms with Gasteiger partial charge in [-0.15, -0.1) is 5.10 Å². The number of carbonyl (C=O) groups is 1. The second kappa shape index (κ2) is 6.55. The number of anilines is 1. The molecule has 0 amide bonds. The fraction of sp³-hybridized carbons (Fsp3) is 0.308. The van der Waals surface area contributed by atoms with Crippen LogP contribution in [0.25, 0.3) is 0 Å². The van der Waals surface area contributed by atoms with Gasteiger partial charge in [0.1, 0.15) is 6.33 Å². The fourth-order valence-electron chi connectivity index (χ4n) is 1.65. The lowest BCUT2D eigenvalue weighted by atomic mass is 10.3. The van der Waals surface area contributed by atoms with Crippen molar-refractivity contribution in [1.82, 2.24) is 14.8 Å². The second-order valence-corrected chi connectivity index (χ2v) is 4.04. The van der Waals surface area contributed by atoms with Crippen LogP contribution in [-0.4, -0.2) is 34.4 Å². The van der Waals surface area contributed by atoms with Gasteiger partial charge in [0.15, 0.2) is 11.5 Å². The zero-order valence-corrected chi connectivity index (χ0v) is 11.2. The highest BCUT2D eigenvalue weighted by Crippen LogP contribution is 2.25. The van der Waals surface area contributed by atoms with E-state index in [1.54, 1.807) is 7.11 Å². The van der Waals surface area contributed by atoms with Gasteiger partial charge in [-0.05, 0) is 18.6 Å². The van der Waals surface area contributed by atoms with Crippen molar-refractivity contribution < 1.29 is 14.3 Å². The minimum atomic E-state index is -0.169. The van der Waals surface area contributed by atoms with Crippen LogP contribution in [0.5, 0.6) is 11.5 Å². The third kappa shape index (κ3) is 3.47. The summed E-state index contributed by atoms with van der Waals surface area (Å²) in [5.41, 5.74) is 5.35. The van der Waals surface area contributed by atoms with Crippen LogP contribution in [0.2, 0.25) is 0 Å². The Morgan fingerprint density at radius 3 is 2.75 bits per heavy atom. The van der Waals surface area contributed by atoms with Crippen molar-refractivity contribution >= 4 is 11.9 Å². The molecular formula is C13H16N4O3. The van der Waals surface area contributed by atoms with E-state index in [1.165, 1.54) is 6.33 Å². The van der Waals surface area contributed by atoms with Crippen LogP contribution in [0.4, 0.5) is 5.95 Å². The molecule has 7 heteroatoms. The first-order chi connectivity index (χ1) is 9.70. The Hall–Kier alpha value is -2.57. The predicted octanol–water partition coefficient (Wildman–Crippen LogP) is 1.37. The number of rotatable bonds is 6. The standard InChI is InChI=1S/C13H16N4O3/c1-19-10-5-2-3-6-11(10)20-8-4-7-12(18)17-9-15-13(14)16-17/h2-3,5-6,9H,4,7-8H2,1H3,(H2,14,16). The number of para-hydroxylation sites is 2. The molecule has 0 atom stereocenters. The summed E-state index contributed by atoms with van der Waals surface area (Å²) in [6.45, 7) is 0.413. The number of aromatic nitrogens is 3. The van der Waals surface area contributed by atoms with E-state index in [2.05, 4.69) is 10.1 Å². The lowest BCUT2D eigenvalue weighted by molar-refractivity contribution is 0.0877. The Labute approximate surface area is 116 Å². The van der Waals surface area contributed by atoms with Crippen LogP contribution in [0, 0.1) is 0 Å². The molecule has 0 unspecified atom stereocenters. The summed E-state index contributed by atoms with van der Waals surface area (Å²) < 4.78 is 11.9. The van der Waals surface area contributed by atoms with Crippen LogP contribution >= 0.6 is 0 Å². The van der Waals surface area contributed by atoms with Crippen molar-refractivity contribution in [3.05, 3.63) is 30.6 Å². The number of hydrogen-bond donors (Lipinski definition) is 1. The molecule has 2 rings (SSSR count). The highest BCUT2D eigenvalue weighted by atomic mass is 16.5. The van der Waals surface area contributed by atoms with Gasteiger partial charge in [0, 0.05) is 6.42 Å². The van der Waals surface area contributed by atoms with Crippen LogP contribution < -0.4 is 15.2 Å². The molecule has 1 aromatic heterocycles. The zero-order valence-electron chi connectivity index (χ0n) is 11.2. The lowest BCUT2D eigenvalue weighted by Gasteiger charge is -2.09. The van der Waals surface area contributed by atoms with Gasteiger partial charge in [-0.2, -0.15) is 4.68 Å². The maximum absolute atomic E-state index is 11.7. The second-order valence-electron chi connectivity index (χ2n) is 4.04. The van der Waals surface area contributed by atoms with E-state index in [0.717, 1.165) is 4.68 Å². The van der Waals surface area contributed by atoms with Crippen LogP contribution in [-0.2, 0) is 0 Å². The Morgan fingerprint density at radius 2 is 2.10 bits per heavy atom. The van der Waals surface area contributed by atoms with Crippen molar-refractivity contribution in [2.24, 2.45) is 0 Å². The van der Waals surface area contributed by atoms with Gasteiger partial charge in [-0.25, -0.2) is 4.98 Å². The van der Waals surface area contributed by atoms with Gasteiger partial charge in [0.05, 0.1) is 13.7 Å². The van der Waals surface area contributed by atoms with Crippen LogP contribution in [0.3, 0.4) is 0 Å². The van der Waals surface area contributed by atoms with Gasteiger partial charge in [-0.1, -0.05) is 12.1 Å². The number of nitrogen functional groups attached to an aromatic ring is 1. The molecular weight excluding hydrogens is 260 g/mol. The average Bonchev–Trinajstić information content (AvgIpc) is 2.90. The van der Waals surface area contributed by atoms with E-state index in [1.807, 2.05) is 24.3 Å². The summed E-state index contributed by atoms with van der Waals surface area (Å²) in [5.74, 6) is 1.25. The van der Waals surface area contributed by atoms with Crippen molar-refractivity contribution in [2.45, 2.75) is 12.8 Å². The molecule has 0 bridgehead atoms. The van der Waals surface area contributed by atoms with Crippen LogP contribution in [0.1, 0.15) is 17.6 Å². The van der Waals surface area contributed by atoms with E-state index in [4.69, 9.17) is 15.2 Å². The first-order valence-electron chi connectivity index (χ1n) is 6.17. The molecule has 0 spiro atoms. The summed E-state index contributed by atoms with van der Waals surface area (Å²) in [6, 6.07) is 7.36. The lowest BCUT2D eigenvalue weighted by Crippen LogP contribution is -2.13. The molecule has 2 aromatic rings. The highest BCUT2D eigenvalue weighted by Gasteiger charge is 2.08. The zero-order chi connectivity index (χ0) is 14.4. The molecule has 0 radical (unpaired) electrons. The molecule has 0 fully saturated rings. The van der Waals surface area contributed by atoms with E-state index in [-0.39, 0.29) is 11.9 Å². The number of ether oxygens (including phenoxy) is 2. The smallest absolute Gasteiger partial charge is 0.248 e. The first kappa shape index (κ1) is 13.9. The number of nitrogens with zero attached hydrogens (tertiary/aromatic N) is 3. The Morgan fingerprint density at radius 1 is 1.35 bits per heavy atom. The minimum Gasteiger partial charge on any atom is -0.493 e. The van der Waals surface area contributed by atoms with E-state index >= 15 is 0 Å². The number of methoxy groups -OCH3 is 1.